The minimum Gasteiger partial charge on any atom is -0.497 e. The van der Waals surface area contributed by atoms with Gasteiger partial charge in [0, 0.05) is 19.7 Å². The lowest BCUT2D eigenvalue weighted by Gasteiger charge is -2.33. The molecule has 1 N–H and O–H groups in total. The zero-order valence-corrected chi connectivity index (χ0v) is 21.7. The Morgan fingerprint density at radius 3 is 2.27 bits per heavy atom. The number of nitrogens with one attached hydrogen (secondary N) is 1. The van der Waals surface area contributed by atoms with Gasteiger partial charge in [0.2, 0.25) is 11.8 Å². The molecule has 0 saturated carbocycles. The molecular formula is C27H30FN3O5S. The maximum absolute atomic E-state index is 13.8. The quantitative estimate of drug-likeness (QED) is 0.411. The highest BCUT2D eigenvalue weighted by atomic mass is 32.2. The van der Waals surface area contributed by atoms with Crippen LogP contribution in [0.2, 0.25) is 0 Å². The fraction of sp³-hybridized carbons (Fsp3) is 0.259. The number of sulfonamides is 1. The van der Waals surface area contributed by atoms with Crippen LogP contribution in [0.25, 0.3) is 0 Å². The molecule has 10 heteroatoms. The van der Waals surface area contributed by atoms with Crippen LogP contribution >= 0.6 is 0 Å². The number of amides is 2. The van der Waals surface area contributed by atoms with Crippen LogP contribution in [-0.2, 0) is 26.2 Å². The third-order valence-corrected chi connectivity index (χ3v) is 7.64. The Kier molecular flexibility index (Phi) is 9.24. The van der Waals surface area contributed by atoms with Gasteiger partial charge >= 0.3 is 0 Å². The fourth-order valence-electron chi connectivity index (χ4n) is 3.89. The van der Waals surface area contributed by atoms with Crippen molar-refractivity contribution in [1.29, 1.82) is 0 Å². The van der Waals surface area contributed by atoms with Crippen LogP contribution in [-0.4, -0.2) is 51.9 Å². The van der Waals surface area contributed by atoms with Gasteiger partial charge in [-0.1, -0.05) is 43.3 Å². The van der Waals surface area contributed by atoms with Crippen molar-refractivity contribution in [2.45, 2.75) is 30.8 Å². The number of ether oxygens (including phenoxy) is 1. The first-order valence-corrected chi connectivity index (χ1v) is 13.1. The summed E-state index contributed by atoms with van der Waals surface area (Å²) in [4.78, 5) is 27.8. The van der Waals surface area contributed by atoms with E-state index in [9.17, 15) is 22.4 Å². The standard InChI is InChI=1S/C27H30FN3O5S/c1-4-25(27(33)29-2)30(18-20-13-15-21(28)16-14-20)26(32)19-31(22-9-8-10-23(17-22)36-3)37(34,35)24-11-6-5-7-12-24/h5-17,25H,4,18-19H2,1-3H3,(H,29,33). The molecule has 3 aromatic rings. The van der Waals surface area contributed by atoms with Crippen molar-refractivity contribution >= 4 is 27.5 Å². The molecule has 0 aliphatic rings. The molecule has 0 aliphatic heterocycles. The molecular weight excluding hydrogens is 497 g/mol. The minimum absolute atomic E-state index is 0.00838. The summed E-state index contributed by atoms with van der Waals surface area (Å²) in [6, 6.07) is 18.9. The first kappa shape index (κ1) is 27.7. The molecule has 0 aromatic heterocycles. The predicted molar refractivity (Wildman–Crippen MR) is 139 cm³/mol. The molecule has 0 bridgehead atoms. The summed E-state index contributed by atoms with van der Waals surface area (Å²) in [7, 11) is -1.24. The van der Waals surface area contributed by atoms with E-state index in [1.54, 1.807) is 43.3 Å². The molecule has 0 heterocycles. The second kappa shape index (κ2) is 12.4. The van der Waals surface area contributed by atoms with E-state index in [1.807, 2.05) is 0 Å². The van der Waals surface area contributed by atoms with Gasteiger partial charge in [-0.15, -0.1) is 0 Å². The highest BCUT2D eigenvalue weighted by Crippen LogP contribution is 2.27. The number of anilines is 1. The second-order valence-electron chi connectivity index (χ2n) is 8.21. The van der Waals surface area contributed by atoms with Crippen LogP contribution in [0.4, 0.5) is 10.1 Å². The van der Waals surface area contributed by atoms with Gasteiger partial charge in [0.25, 0.3) is 10.0 Å². The van der Waals surface area contributed by atoms with Crippen LogP contribution in [0.5, 0.6) is 5.75 Å². The van der Waals surface area contributed by atoms with Gasteiger partial charge in [-0.3, -0.25) is 13.9 Å². The van der Waals surface area contributed by atoms with E-state index in [2.05, 4.69) is 5.32 Å². The summed E-state index contributed by atoms with van der Waals surface area (Å²) in [5.41, 5.74) is 0.822. The maximum atomic E-state index is 13.8. The number of nitrogens with zero attached hydrogens (tertiary/aromatic N) is 2. The summed E-state index contributed by atoms with van der Waals surface area (Å²) in [6.45, 7) is 1.17. The first-order valence-electron chi connectivity index (χ1n) is 11.7. The van der Waals surface area contributed by atoms with Crippen LogP contribution in [0.15, 0.2) is 83.8 Å². The lowest BCUT2D eigenvalue weighted by molar-refractivity contribution is -0.140. The monoisotopic (exact) mass is 527 g/mol. The van der Waals surface area contributed by atoms with Crippen molar-refractivity contribution in [1.82, 2.24) is 10.2 Å². The number of hydrogen-bond acceptors (Lipinski definition) is 5. The summed E-state index contributed by atoms with van der Waals surface area (Å²) < 4.78 is 47.2. The molecule has 37 heavy (non-hydrogen) atoms. The minimum atomic E-state index is -4.16. The van der Waals surface area contributed by atoms with E-state index in [0.29, 0.717) is 11.3 Å². The largest absolute Gasteiger partial charge is 0.497 e. The molecule has 2 amide bonds. The Labute approximate surface area is 216 Å². The highest BCUT2D eigenvalue weighted by Gasteiger charge is 2.33. The van der Waals surface area contributed by atoms with Crippen LogP contribution in [0.1, 0.15) is 18.9 Å². The molecule has 196 valence electrons. The van der Waals surface area contributed by atoms with Gasteiger partial charge in [-0.25, -0.2) is 12.8 Å². The Balaban J connectivity index is 2.06. The summed E-state index contributed by atoms with van der Waals surface area (Å²) >= 11 is 0. The van der Waals surface area contributed by atoms with Crippen molar-refractivity contribution in [3.63, 3.8) is 0 Å². The van der Waals surface area contributed by atoms with E-state index in [-0.39, 0.29) is 23.5 Å². The van der Waals surface area contributed by atoms with Gasteiger partial charge in [0.15, 0.2) is 0 Å². The summed E-state index contributed by atoms with van der Waals surface area (Å²) in [5.74, 6) is -1.00. The van der Waals surface area contributed by atoms with Gasteiger partial charge < -0.3 is 15.0 Å². The van der Waals surface area contributed by atoms with Crippen LogP contribution in [0.3, 0.4) is 0 Å². The third-order valence-electron chi connectivity index (χ3n) is 5.85. The number of benzene rings is 3. The topological polar surface area (TPSA) is 96.0 Å². The Hall–Kier alpha value is -3.92. The molecule has 1 unspecified atom stereocenters. The SMILES string of the molecule is CCC(C(=O)NC)N(Cc1ccc(F)cc1)C(=O)CN(c1cccc(OC)c1)S(=O)(=O)c1ccccc1. The average Bonchev–Trinajstić information content (AvgIpc) is 2.92. The number of hydrogen-bond donors (Lipinski definition) is 1. The molecule has 0 radical (unpaired) electrons. The van der Waals surface area contributed by atoms with Crippen LogP contribution in [0, 0.1) is 5.82 Å². The zero-order chi connectivity index (χ0) is 27.0. The van der Waals surface area contributed by atoms with Crippen molar-refractivity contribution in [2.24, 2.45) is 0 Å². The Bertz CT molecular complexity index is 1320. The van der Waals surface area contributed by atoms with E-state index in [0.717, 1.165) is 4.31 Å². The number of carbonyl (C=O) groups is 2. The number of carbonyl (C=O) groups excluding carboxylic acids is 2. The van der Waals surface area contributed by atoms with Crippen LogP contribution < -0.4 is 14.4 Å². The van der Waals surface area contributed by atoms with Crippen molar-refractivity contribution < 1.29 is 27.1 Å². The summed E-state index contributed by atoms with van der Waals surface area (Å²) in [6.07, 6.45) is 0.289. The highest BCUT2D eigenvalue weighted by molar-refractivity contribution is 7.92. The lowest BCUT2D eigenvalue weighted by Crippen LogP contribution is -2.51. The molecule has 0 spiro atoms. The molecule has 1 atom stereocenters. The second-order valence-corrected chi connectivity index (χ2v) is 10.1. The predicted octanol–water partition coefficient (Wildman–Crippen LogP) is 3.58. The maximum Gasteiger partial charge on any atom is 0.264 e. The van der Waals surface area contributed by atoms with E-state index >= 15 is 0 Å². The third kappa shape index (κ3) is 6.65. The van der Waals surface area contributed by atoms with Gasteiger partial charge in [0.05, 0.1) is 17.7 Å². The normalized spacial score (nSPS) is 11.9. The number of rotatable bonds is 11. The van der Waals surface area contributed by atoms with E-state index in [4.69, 9.17) is 4.74 Å². The van der Waals surface area contributed by atoms with E-state index in [1.165, 1.54) is 61.5 Å². The van der Waals surface area contributed by atoms with Gasteiger partial charge in [-0.05, 0) is 48.4 Å². The van der Waals surface area contributed by atoms with Crippen molar-refractivity contribution in [2.75, 3.05) is 25.0 Å². The molecule has 3 rings (SSSR count). The number of likely N-dealkylation sites (N-methyl/N-ethyl adjacent to an activating group) is 1. The Morgan fingerprint density at radius 1 is 1.00 bits per heavy atom. The van der Waals surface area contributed by atoms with Crippen molar-refractivity contribution in [3.8, 4) is 5.75 Å². The summed E-state index contributed by atoms with van der Waals surface area (Å²) in [5, 5.41) is 2.56. The molecule has 3 aromatic carbocycles. The smallest absolute Gasteiger partial charge is 0.264 e. The zero-order valence-electron chi connectivity index (χ0n) is 20.9. The Morgan fingerprint density at radius 2 is 1.68 bits per heavy atom. The van der Waals surface area contributed by atoms with Gasteiger partial charge in [0.1, 0.15) is 24.2 Å². The van der Waals surface area contributed by atoms with Gasteiger partial charge in [-0.2, -0.15) is 0 Å². The van der Waals surface area contributed by atoms with E-state index < -0.39 is 40.2 Å². The lowest BCUT2D eigenvalue weighted by atomic mass is 10.1. The molecule has 0 saturated heterocycles. The molecule has 0 fully saturated rings. The van der Waals surface area contributed by atoms with Crippen molar-refractivity contribution in [3.05, 3.63) is 90.2 Å². The fourth-order valence-corrected chi connectivity index (χ4v) is 5.31. The molecule has 8 nitrogen and oxygen atoms in total. The number of halogens is 1. The molecule has 0 aliphatic carbocycles. The average molecular weight is 528 g/mol. The first-order chi connectivity index (χ1) is 17.7. The number of methoxy groups -OCH3 is 1.